The summed E-state index contributed by atoms with van der Waals surface area (Å²) < 4.78 is 12.5. The zero-order chi connectivity index (χ0) is 35.1. The molecule has 254 valence electrons. The van der Waals surface area contributed by atoms with Gasteiger partial charge in [0.25, 0.3) is 5.91 Å². The highest BCUT2D eigenvalue weighted by Crippen LogP contribution is 2.48. The molecule has 1 aliphatic carbocycles. The first-order valence-corrected chi connectivity index (χ1v) is 16.2. The number of aromatic nitrogens is 1. The molecule has 2 atom stereocenters. The van der Waals surface area contributed by atoms with Crippen LogP contribution in [-0.4, -0.2) is 46.1 Å². The molecule has 47 heavy (non-hydrogen) atoms. The summed E-state index contributed by atoms with van der Waals surface area (Å²) in [6, 6.07) is 8.19. The van der Waals surface area contributed by atoms with Gasteiger partial charge >= 0.3 is 0 Å². The number of nitriles is 1. The summed E-state index contributed by atoms with van der Waals surface area (Å²) in [4.78, 5) is 39.9. The number of nitrogens with one attached hydrogen (secondary N) is 1. The van der Waals surface area contributed by atoms with Crippen molar-refractivity contribution in [2.75, 3.05) is 7.05 Å². The van der Waals surface area contributed by atoms with E-state index in [1.54, 1.807) is 6.92 Å². The van der Waals surface area contributed by atoms with Crippen LogP contribution in [0.15, 0.2) is 46.5 Å². The second kappa shape index (κ2) is 15.4. The molecule has 0 fully saturated rings. The highest BCUT2D eigenvalue weighted by atomic mass is 16.5. The van der Waals surface area contributed by atoms with Gasteiger partial charge in [-0.25, -0.2) is 10.0 Å². The van der Waals surface area contributed by atoms with Gasteiger partial charge in [-0.1, -0.05) is 66.2 Å². The van der Waals surface area contributed by atoms with Crippen molar-refractivity contribution in [3.05, 3.63) is 70.3 Å². The van der Waals surface area contributed by atoms with E-state index in [-0.39, 0.29) is 23.4 Å². The van der Waals surface area contributed by atoms with Crippen molar-refractivity contribution in [1.29, 1.82) is 5.26 Å². The SMILES string of the molecule is CC(C)CC(N)=O.CCC/C=C1/O/C(=C(\C)c2nc(C(=O)N(C)O)co2)C2(C#N)CCc3ccc(cc32)CCC(=O)NC1C(C)(C)C. The Bertz CT molecular complexity index is 1570. The van der Waals surface area contributed by atoms with Crippen LogP contribution in [0, 0.1) is 22.7 Å². The van der Waals surface area contributed by atoms with Gasteiger partial charge in [-0.05, 0) is 66.7 Å². The number of hydroxylamine groups is 2. The predicted molar refractivity (Wildman–Crippen MR) is 177 cm³/mol. The maximum absolute atomic E-state index is 13.2. The quantitative estimate of drug-likeness (QED) is 0.254. The first-order valence-electron chi connectivity index (χ1n) is 16.2. The maximum atomic E-state index is 13.2. The van der Waals surface area contributed by atoms with Crippen molar-refractivity contribution in [2.45, 2.75) is 105 Å². The van der Waals surface area contributed by atoms with Crippen molar-refractivity contribution >= 4 is 23.3 Å². The Morgan fingerprint density at radius 3 is 2.53 bits per heavy atom. The lowest BCUT2D eigenvalue weighted by atomic mass is 9.78. The summed E-state index contributed by atoms with van der Waals surface area (Å²) in [5.74, 6) is 0.401. The van der Waals surface area contributed by atoms with E-state index < -0.39 is 22.8 Å². The highest BCUT2D eigenvalue weighted by Gasteiger charge is 2.47. The molecule has 1 aromatic carbocycles. The second-order valence-corrected chi connectivity index (χ2v) is 13.8. The zero-order valence-electron chi connectivity index (χ0n) is 28.9. The van der Waals surface area contributed by atoms with Crippen molar-refractivity contribution in [3.8, 4) is 6.07 Å². The first kappa shape index (κ1) is 37.0. The average molecular weight is 648 g/mol. The summed E-state index contributed by atoms with van der Waals surface area (Å²) >= 11 is 0. The Morgan fingerprint density at radius 2 is 1.98 bits per heavy atom. The predicted octanol–water partition coefficient (Wildman–Crippen LogP) is 5.97. The summed E-state index contributed by atoms with van der Waals surface area (Å²) in [5, 5.41) is 24.1. The Kier molecular flexibility index (Phi) is 12.2. The van der Waals surface area contributed by atoms with Gasteiger partial charge in [0.05, 0.1) is 17.7 Å². The number of primary amides is 1. The Balaban J connectivity index is 0.000000771. The lowest BCUT2D eigenvalue weighted by Gasteiger charge is -2.36. The van der Waals surface area contributed by atoms with Gasteiger partial charge in [-0.3, -0.25) is 19.6 Å². The molecular formula is C36H49N5O6. The van der Waals surface area contributed by atoms with Gasteiger partial charge in [0.1, 0.15) is 23.2 Å². The minimum atomic E-state index is -1.14. The second-order valence-electron chi connectivity index (χ2n) is 13.8. The van der Waals surface area contributed by atoms with Crippen LogP contribution >= 0.6 is 0 Å². The molecule has 1 aliphatic heterocycles. The van der Waals surface area contributed by atoms with E-state index in [0.29, 0.717) is 66.6 Å². The van der Waals surface area contributed by atoms with E-state index in [2.05, 4.69) is 23.3 Å². The van der Waals surface area contributed by atoms with Crippen LogP contribution in [-0.2, 0) is 32.6 Å². The smallest absolute Gasteiger partial charge is 0.298 e. The standard InChI is InChI=1S/C31H38N4O5.C5H11NO/c1-7-8-9-24-26(30(3,4)5)34-25(36)13-11-20-10-12-21-14-15-31(18-32,22(21)16-20)27(40-24)19(2)28-33-23(17-39-28)29(37)35(6)38;1-4(2)3-5(6)7/h9-10,12,16-17,26,38H,7-8,11,13-15H2,1-6H3,(H,34,36);4H,3H2,1-2H3,(H2,6,7)/b24-9+,27-19+;. The lowest BCUT2D eigenvalue weighted by Crippen LogP contribution is -2.46. The molecule has 4 rings (SSSR count). The molecule has 2 aliphatic rings. The molecule has 4 N–H and O–H groups in total. The summed E-state index contributed by atoms with van der Waals surface area (Å²) in [5.41, 5.74) is 6.57. The number of hydrogen-bond acceptors (Lipinski definition) is 8. The molecule has 0 saturated heterocycles. The number of allylic oxidation sites excluding steroid dienone is 3. The average Bonchev–Trinajstić information content (AvgIpc) is 3.63. The molecule has 11 heteroatoms. The third-order valence-electron chi connectivity index (χ3n) is 8.22. The number of amides is 3. The monoisotopic (exact) mass is 647 g/mol. The number of unbranched alkanes of at least 4 members (excludes halogenated alkanes) is 1. The number of hydrogen-bond donors (Lipinski definition) is 3. The molecule has 2 unspecified atom stereocenters. The summed E-state index contributed by atoms with van der Waals surface area (Å²) in [6.45, 7) is 13.9. The van der Waals surface area contributed by atoms with Crippen LogP contribution < -0.4 is 11.1 Å². The fourth-order valence-corrected chi connectivity index (χ4v) is 5.78. The molecule has 2 heterocycles. The number of ether oxygens (including phenoxy) is 1. The van der Waals surface area contributed by atoms with Gasteiger partial charge in [0, 0.05) is 19.9 Å². The first-order chi connectivity index (χ1) is 22.0. The highest BCUT2D eigenvalue weighted by molar-refractivity contribution is 5.91. The van der Waals surface area contributed by atoms with Crippen LogP contribution in [0.2, 0.25) is 0 Å². The van der Waals surface area contributed by atoms with Crippen LogP contribution in [0.5, 0.6) is 0 Å². The number of fused-ring (bicyclic) bond motifs is 1. The molecular weight excluding hydrogens is 598 g/mol. The van der Waals surface area contributed by atoms with E-state index in [1.165, 1.54) is 13.3 Å². The van der Waals surface area contributed by atoms with Crippen LogP contribution in [0.25, 0.3) is 5.57 Å². The van der Waals surface area contributed by atoms with Crippen molar-refractivity contribution in [1.82, 2.24) is 15.4 Å². The number of carbonyl (C=O) groups excluding carboxylic acids is 3. The molecule has 1 aromatic heterocycles. The molecule has 2 aromatic rings. The van der Waals surface area contributed by atoms with E-state index in [0.717, 1.165) is 23.1 Å². The maximum Gasteiger partial charge on any atom is 0.298 e. The number of aryl methyl sites for hydroxylation is 2. The normalized spacial score (nSPS) is 21.3. The largest absolute Gasteiger partial charge is 0.462 e. The molecule has 11 nitrogen and oxygen atoms in total. The molecule has 0 saturated carbocycles. The number of oxazole rings is 1. The minimum Gasteiger partial charge on any atom is -0.462 e. The van der Waals surface area contributed by atoms with Crippen molar-refractivity contribution in [3.63, 3.8) is 0 Å². The van der Waals surface area contributed by atoms with E-state index in [4.69, 9.17) is 14.9 Å². The molecule has 2 bridgehead atoms. The fourth-order valence-electron chi connectivity index (χ4n) is 5.78. The summed E-state index contributed by atoms with van der Waals surface area (Å²) in [6.07, 6.45) is 7.28. The van der Waals surface area contributed by atoms with Gasteiger partial charge in [0.2, 0.25) is 17.7 Å². The number of rotatable bonds is 6. The number of carbonyl (C=O) groups is 3. The zero-order valence-corrected chi connectivity index (χ0v) is 28.9. The van der Waals surface area contributed by atoms with Crippen LogP contribution in [0.1, 0.15) is 114 Å². The van der Waals surface area contributed by atoms with Crippen LogP contribution in [0.3, 0.4) is 0 Å². The lowest BCUT2D eigenvalue weighted by molar-refractivity contribution is -0.122. The Labute approximate surface area is 277 Å². The van der Waals surface area contributed by atoms with Gasteiger partial charge < -0.3 is 20.2 Å². The van der Waals surface area contributed by atoms with Gasteiger partial charge in [-0.15, -0.1) is 0 Å². The third-order valence-corrected chi connectivity index (χ3v) is 8.22. The van der Waals surface area contributed by atoms with E-state index in [9.17, 15) is 24.9 Å². The minimum absolute atomic E-state index is 0.0743. The third kappa shape index (κ3) is 8.89. The fraction of sp³-hybridized carbons (Fsp3) is 0.528. The van der Waals surface area contributed by atoms with E-state index >= 15 is 0 Å². The number of nitrogens with two attached hydrogens (primary N) is 1. The van der Waals surface area contributed by atoms with Crippen molar-refractivity contribution in [2.24, 2.45) is 17.1 Å². The Hall–Kier alpha value is -4.43. The Morgan fingerprint density at radius 1 is 1.28 bits per heavy atom. The van der Waals surface area contributed by atoms with E-state index in [1.807, 2.05) is 58.9 Å². The molecule has 0 radical (unpaired) electrons. The summed E-state index contributed by atoms with van der Waals surface area (Å²) in [7, 11) is 1.21. The molecule has 3 amide bonds. The molecule has 0 spiro atoms. The van der Waals surface area contributed by atoms with Gasteiger partial charge in [-0.2, -0.15) is 5.26 Å². The number of nitrogens with zero attached hydrogens (tertiary/aromatic N) is 3. The topological polar surface area (TPSA) is 172 Å². The van der Waals surface area contributed by atoms with Crippen LogP contribution in [0.4, 0.5) is 0 Å². The van der Waals surface area contributed by atoms with Gasteiger partial charge in [0.15, 0.2) is 5.69 Å². The van der Waals surface area contributed by atoms with Crippen molar-refractivity contribution < 1.29 is 28.7 Å². The number of benzene rings is 1.